The van der Waals surface area contributed by atoms with Crippen LogP contribution in [0, 0.1) is 17.8 Å². The Morgan fingerprint density at radius 2 is 1.77 bits per heavy atom. The van der Waals surface area contributed by atoms with Gasteiger partial charge < -0.3 is 4.90 Å². The van der Waals surface area contributed by atoms with Gasteiger partial charge in [-0.2, -0.15) is 0 Å². The first-order valence-electron chi connectivity index (χ1n) is 9.70. The van der Waals surface area contributed by atoms with Crippen LogP contribution in [0.5, 0.6) is 0 Å². The lowest BCUT2D eigenvalue weighted by Gasteiger charge is -2.48. The highest BCUT2D eigenvalue weighted by atomic mass is 16.2. The second-order valence-corrected chi connectivity index (χ2v) is 8.67. The lowest BCUT2D eigenvalue weighted by Crippen LogP contribution is -2.55. The Kier molecular flexibility index (Phi) is 3.96. The Morgan fingerprint density at radius 1 is 1.05 bits per heavy atom. The predicted octanol–water partition coefficient (Wildman–Crippen LogP) is 3.29. The summed E-state index contributed by atoms with van der Waals surface area (Å²) in [7, 11) is 0. The van der Waals surface area contributed by atoms with Gasteiger partial charge in [0.05, 0.1) is 0 Å². The summed E-state index contributed by atoms with van der Waals surface area (Å²) in [6.45, 7) is 6.96. The average Bonchev–Trinajstić information content (AvgIpc) is 2.82. The maximum Gasteiger partial charge on any atom is 0.225 e. The number of carbonyl (C=O) groups excluding carboxylic acids is 1. The molecule has 4 fully saturated rings. The van der Waals surface area contributed by atoms with Gasteiger partial charge in [0.1, 0.15) is 0 Å². The molecule has 2 heterocycles. The fourth-order valence-electron chi connectivity index (χ4n) is 5.34. The minimum absolute atomic E-state index is 0.360. The third kappa shape index (κ3) is 2.60. The largest absolute Gasteiger partial charge is 0.342 e. The van der Waals surface area contributed by atoms with Gasteiger partial charge in [0.15, 0.2) is 0 Å². The zero-order valence-corrected chi connectivity index (χ0v) is 14.2. The molecule has 0 N–H and O–H groups in total. The quantitative estimate of drug-likeness (QED) is 0.799. The van der Waals surface area contributed by atoms with E-state index in [-0.39, 0.29) is 0 Å². The fraction of sp³-hybridized carbons (Fsp3) is 0.947. The van der Waals surface area contributed by atoms with Crippen molar-refractivity contribution in [3.8, 4) is 0 Å². The van der Waals surface area contributed by atoms with E-state index in [9.17, 15) is 4.79 Å². The molecule has 124 valence electrons. The van der Waals surface area contributed by atoms with Crippen LogP contribution in [-0.2, 0) is 4.79 Å². The van der Waals surface area contributed by atoms with Crippen molar-refractivity contribution in [1.29, 1.82) is 0 Å². The van der Waals surface area contributed by atoms with Crippen molar-refractivity contribution in [3.63, 3.8) is 0 Å². The second kappa shape index (κ2) is 5.81. The van der Waals surface area contributed by atoms with E-state index in [1.54, 1.807) is 0 Å². The van der Waals surface area contributed by atoms with Crippen LogP contribution < -0.4 is 0 Å². The van der Waals surface area contributed by atoms with Crippen molar-refractivity contribution in [1.82, 2.24) is 9.80 Å². The van der Waals surface area contributed by atoms with Gasteiger partial charge in [-0.3, -0.25) is 9.69 Å². The minimum atomic E-state index is 0.360. The number of nitrogens with zero attached hydrogens (tertiary/aromatic N) is 2. The van der Waals surface area contributed by atoms with Crippen molar-refractivity contribution in [2.45, 2.75) is 70.3 Å². The molecular weight excluding hydrogens is 272 g/mol. The van der Waals surface area contributed by atoms with Crippen LogP contribution >= 0.6 is 0 Å². The summed E-state index contributed by atoms with van der Waals surface area (Å²) in [5, 5.41) is 0. The van der Waals surface area contributed by atoms with Crippen LogP contribution in [0.3, 0.4) is 0 Å². The maximum atomic E-state index is 12.6. The van der Waals surface area contributed by atoms with E-state index < -0.39 is 0 Å². The average molecular weight is 304 g/mol. The number of carbonyl (C=O) groups is 1. The summed E-state index contributed by atoms with van der Waals surface area (Å²) in [5.74, 6) is 2.58. The molecule has 4 rings (SSSR count). The predicted molar refractivity (Wildman–Crippen MR) is 88.6 cm³/mol. The number of hydrogen-bond donors (Lipinski definition) is 0. The van der Waals surface area contributed by atoms with Crippen molar-refractivity contribution < 1.29 is 4.79 Å². The minimum Gasteiger partial charge on any atom is -0.342 e. The van der Waals surface area contributed by atoms with E-state index in [1.807, 2.05) is 0 Å². The zero-order chi connectivity index (χ0) is 15.2. The molecule has 3 heteroatoms. The van der Waals surface area contributed by atoms with Gasteiger partial charge in [-0.05, 0) is 69.7 Å². The van der Waals surface area contributed by atoms with Crippen LogP contribution in [0.15, 0.2) is 0 Å². The second-order valence-electron chi connectivity index (χ2n) is 8.67. The Bertz CT molecular complexity index is 417. The fourth-order valence-corrected chi connectivity index (χ4v) is 5.34. The normalized spacial score (nSPS) is 35.4. The molecular formula is C19H32N2O. The molecule has 0 atom stereocenters. The first-order chi connectivity index (χ1) is 10.7. The molecule has 0 bridgehead atoms. The standard InChI is InChI=1S/C19H32N2O/c1-15-12-17(13-15)18(22)20-10-7-19(8-11-20)6-3-9-21(19)14-16-4-2-5-16/h15-17H,2-14H2,1H3. The monoisotopic (exact) mass is 304 g/mol. The molecule has 0 aromatic heterocycles. The molecule has 2 aliphatic heterocycles. The van der Waals surface area contributed by atoms with E-state index in [0.717, 1.165) is 37.8 Å². The number of hydrogen-bond acceptors (Lipinski definition) is 2. The lowest BCUT2D eigenvalue weighted by atomic mass is 9.74. The molecule has 1 spiro atoms. The van der Waals surface area contributed by atoms with E-state index in [1.165, 1.54) is 58.0 Å². The molecule has 0 aromatic rings. The summed E-state index contributed by atoms with van der Waals surface area (Å²) in [5.41, 5.74) is 0.458. The molecule has 0 aromatic carbocycles. The van der Waals surface area contributed by atoms with Crippen molar-refractivity contribution in [2.24, 2.45) is 17.8 Å². The highest BCUT2D eigenvalue weighted by Gasteiger charge is 2.45. The highest BCUT2D eigenvalue weighted by molar-refractivity contribution is 5.79. The topological polar surface area (TPSA) is 23.6 Å². The van der Waals surface area contributed by atoms with Crippen molar-refractivity contribution in [2.75, 3.05) is 26.2 Å². The van der Waals surface area contributed by atoms with Gasteiger partial charge >= 0.3 is 0 Å². The Labute approximate surface area is 135 Å². The molecule has 0 radical (unpaired) electrons. The lowest BCUT2D eigenvalue weighted by molar-refractivity contribution is -0.142. The van der Waals surface area contributed by atoms with E-state index in [0.29, 0.717) is 17.4 Å². The summed E-state index contributed by atoms with van der Waals surface area (Å²) in [4.78, 5) is 17.6. The van der Waals surface area contributed by atoms with Crippen LogP contribution in [0.2, 0.25) is 0 Å². The van der Waals surface area contributed by atoms with Crippen LogP contribution in [0.25, 0.3) is 0 Å². The SMILES string of the molecule is CC1CC(C(=O)N2CCC3(CCCN3CC3CCC3)CC2)C1. The molecule has 4 aliphatic rings. The third-order valence-electron chi connectivity index (χ3n) is 7.17. The smallest absolute Gasteiger partial charge is 0.225 e. The number of rotatable bonds is 3. The first-order valence-corrected chi connectivity index (χ1v) is 9.70. The summed E-state index contributed by atoms with van der Waals surface area (Å²) < 4.78 is 0. The zero-order valence-electron chi connectivity index (χ0n) is 14.2. The number of amides is 1. The Hall–Kier alpha value is -0.570. The van der Waals surface area contributed by atoms with Crippen LogP contribution in [0.4, 0.5) is 0 Å². The molecule has 1 amide bonds. The first kappa shape index (κ1) is 15.0. The summed E-state index contributed by atoms with van der Waals surface area (Å²) in [6, 6.07) is 0. The molecule has 0 unspecified atom stereocenters. The maximum absolute atomic E-state index is 12.6. The molecule has 2 aliphatic carbocycles. The summed E-state index contributed by atoms with van der Waals surface area (Å²) >= 11 is 0. The Balaban J connectivity index is 1.32. The molecule has 3 nitrogen and oxygen atoms in total. The van der Waals surface area contributed by atoms with E-state index >= 15 is 0 Å². The van der Waals surface area contributed by atoms with Gasteiger partial charge in [0.2, 0.25) is 5.91 Å². The molecule has 2 saturated carbocycles. The van der Waals surface area contributed by atoms with Gasteiger partial charge in [0.25, 0.3) is 0 Å². The van der Waals surface area contributed by atoms with Gasteiger partial charge in [-0.25, -0.2) is 0 Å². The Morgan fingerprint density at radius 3 is 2.36 bits per heavy atom. The number of likely N-dealkylation sites (tertiary alicyclic amines) is 2. The van der Waals surface area contributed by atoms with E-state index in [4.69, 9.17) is 0 Å². The molecule has 2 saturated heterocycles. The highest BCUT2D eigenvalue weighted by Crippen LogP contribution is 2.42. The van der Waals surface area contributed by atoms with Crippen molar-refractivity contribution >= 4 is 5.91 Å². The van der Waals surface area contributed by atoms with Gasteiger partial charge in [0, 0.05) is 31.1 Å². The van der Waals surface area contributed by atoms with Crippen molar-refractivity contribution in [3.05, 3.63) is 0 Å². The van der Waals surface area contributed by atoms with Crippen LogP contribution in [-0.4, -0.2) is 47.4 Å². The van der Waals surface area contributed by atoms with Gasteiger partial charge in [-0.15, -0.1) is 0 Å². The third-order valence-corrected chi connectivity index (χ3v) is 7.17. The summed E-state index contributed by atoms with van der Waals surface area (Å²) in [6.07, 6.45) is 11.8. The molecule has 22 heavy (non-hydrogen) atoms. The van der Waals surface area contributed by atoms with Crippen LogP contribution in [0.1, 0.15) is 64.7 Å². The number of piperidine rings is 1. The van der Waals surface area contributed by atoms with Gasteiger partial charge in [-0.1, -0.05) is 13.3 Å². The van der Waals surface area contributed by atoms with E-state index in [2.05, 4.69) is 16.7 Å².